The zero-order valence-corrected chi connectivity index (χ0v) is 13.9. The lowest BCUT2D eigenvalue weighted by Gasteiger charge is -2.22. The first kappa shape index (κ1) is 16.6. The summed E-state index contributed by atoms with van der Waals surface area (Å²) in [4.78, 5) is 37.3. The largest absolute Gasteiger partial charge is 0.338 e. The highest BCUT2D eigenvalue weighted by molar-refractivity contribution is 6.03. The number of imide groups is 1. The van der Waals surface area contributed by atoms with Crippen molar-refractivity contribution in [2.45, 2.75) is 26.2 Å². The number of nitrogens with one attached hydrogen (secondary N) is 1. The molecule has 0 saturated carbocycles. The standard InChI is InChI=1S/C18H23N3O3/c1-18(10-19)6-7-21(11-18)17(24)13-4-2-12(3-5-13)8-14-9-15(22)20-16(14)23/h2-5,14H,6-11,19H2,1H3,(H,20,22,23). The maximum atomic E-state index is 12.6. The molecule has 0 spiro atoms. The molecule has 0 aromatic heterocycles. The average molecular weight is 329 g/mol. The second kappa shape index (κ2) is 6.36. The third kappa shape index (κ3) is 3.33. The highest BCUT2D eigenvalue weighted by Gasteiger charge is 2.35. The van der Waals surface area contributed by atoms with Crippen molar-refractivity contribution in [2.24, 2.45) is 17.1 Å². The van der Waals surface area contributed by atoms with Crippen molar-refractivity contribution < 1.29 is 14.4 Å². The first-order valence-electron chi connectivity index (χ1n) is 8.32. The zero-order chi connectivity index (χ0) is 17.3. The number of hydrogen-bond acceptors (Lipinski definition) is 4. The van der Waals surface area contributed by atoms with Crippen LogP contribution in [0.5, 0.6) is 0 Å². The van der Waals surface area contributed by atoms with Crippen LogP contribution >= 0.6 is 0 Å². The van der Waals surface area contributed by atoms with E-state index in [1.807, 2.05) is 17.0 Å². The van der Waals surface area contributed by atoms with E-state index in [9.17, 15) is 14.4 Å². The highest BCUT2D eigenvalue weighted by atomic mass is 16.2. The average Bonchev–Trinajstić information content (AvgIpc) is 3.11. The quantitative estimate of drug-likeness (QED) is 0.796. The predicted molar refractivity (Wildman–Crippen MR) is 89.1 cm³/mol. The van der Waals surface area contributed by atoms with Crippen molar-refractivity contribution in [1.29, 1.82) is 0 Å². The van der Waals surface area contributed by atoms with E-state index in [0.717, 1.165) is 18.5 Å². The molecule has 6 heteroatoms. The molecule has 2 aliphatic rings. The van der Waals surface area contributed by atoms with E-state index in [-0.39, 0.29) is 35.5 Å². The third-order valence-electron chi connectivity index (χ3n) is 5.09. The summed E-state index contributed by atoms with van der Waals surface area (Å²) in [5.74, 6) is -0.706. The fraction of sp³-hybridized carbons (Fsp3) is 0.500. The number of likely N-dealkylation sites (tertiary alicyclic amines) is 1. The molecule has 2 unspecified atom stereocenters. The van der Waals surface area contributed by atoms with Crippen molar-refractivity contribution in [3.05, 3.63) is 35.4 Å². The van der Waals surface area contributed by atoms with Gasteiger partial charge in [-0.15, -0.1) is 0 Å². The summed E-state index contributed by atoms with van der Waals surface area (Å²) < 4.78 is 0. The summed E-state index contributed by atoms with van der Waals surface area (Å²) >= 11 is 0. The number of nitrogens with zero attached hydrogens (tertiary/aromatic N) is 1. The Kier molecular flexibility index (Phi) is 4.41. The van der Waals surface area contributed by atoms with Crippen LogP contribution in [0.1, 0.15) is 35.7 Å². The van der Waals surface area contributed by atoms with Crippen molar-refractivity contribution in [3.63, 3.8) is 0 Å². The van der Waals surface area contributed by atoms with Crippen LogP contribution in [-0.4, -0.2) is 42.3 Å². The molecule has 128 valence electrons. The molecule has 3 N–H and O–H groups in total. The lowest BCUT2D eigenvalue weighted by atomic mass is 9.90. The monoisotopic (exact) mass is 329 g/mol. The topological polar surface area (TPSA) is 92.5 Å². The van der Waals surface area contributed by atoms with Gasteiger partial charge in [-0.1, -0.05) is 19.1 Å². The zero-order valence-electron chi connectivity index (χ0n) is 13.9. The second-order valence-corrected chi connectivity index (χ2v) is 7.21. The van der Waals surface area contributed by atoms with Crippen LogP contribution in [-0.2, 0) is 16.0 Å². The van der Waals surface area contributed by atoms with Gasteiger partial charge in [-0.3, -0.25) is 19.7 Å². The van der Waals surface area contributed by atoms with Gasteiger partial charge in [0.2, 0.25) is 11.8 Å². The predicted octanol–water partition coefficient (Wildman–Crippen LogP) is 0.703. The Morgan fingerprint density at radius 3 is 2.58 bits per heavy atom. The molecule has 0 aliphatic carbocycles. The summed E-state index contributed by atoms with van der Waals surface area (Å²) in [7, 11) is 0. The number of benzene rings is 1. The Balaban J connectivity index is 1.63. The molecule has 3 amide bonds. The number of carbonyl (C=O) groups excluding carboxylic acids is 3. The van der Waals surface area contributed by atoms with Crippen LogP contribution in [0, 0.1) is 11.3 Å². The molecule has 0 radical (unpaired) electrons. The fourth-order valence-corrected chi connectivity index (χ4v) is 3.39. The maximum absolute atomic E-state index is 12.6. The summed E-state index contributed by atoms with van der Waals surface area (Å²) in [6.45, 7) is 4.11. The number of rotatable bonds is 4. The molecule has 6 nitrogen and oxygen atoms in total. The molecule has 1 aromatic carbocycles. The number of hydrogen-bond donors (Lipinski definition) is 2. The van der Waals surface area contributed by atoms with Gasteiger partial charge in [0.25, 0.3) is 5.91 Å². The molecule has 2 atom stereocenters. The Labute approximate surface area is 141 Å². The van der Waals surface area contributed by atoms with Crippen LogP contribution in [0.3, 0.4) is 0 Å². The van der Waals surface area contributed by atoms with Crippen LogP contribution in [0.4, 0.5) is 0 Å². The van der Waals surface area contributed by atoms with Crippen LogP contribution in [0.25, 0.3) is 0 Å². The van der Waals surface area contributed by atoms with Crippen molar-refractivity contribution in [1.82, 2.24) is 10.2 Å². The van der Waals surface area contributed by atoms with E-state index in [2.05, 4.69) is 12.2 Å². The number of nitrogens with two attached hydrogens (primary N) is 1. The Morgan fingerprint density at radius 1 is 1.33 bits per heavy atom. The molecule has 1 aromatic rings. The lowest BCUT2D eigenvalue weighted by Crippen LogP contribution is -2.34. The molecular formula is C18H23N3O3. The molecule has 0 bridgehead atoms. The Morgan fingerprint density at radius 2 is 2.04 bits per heavy atom. The minimum atomic E-state index is -0.303. The van der Waals surface area contributed by atoms with Crippen molar-refractivity contribution >= 4 is 17.7 Å². The first-order chi connectivity index (χ1) is 11.4. The second-order valence-electron chi connectivity index (χ2n) is 7.21. The van der Waals surface area contributed by atoms with Crippen LogP contribution < -0.4 is 11.1 Å². The highest BCUT2D eigenvalue weighted by Crippen LogP contribution is 2.29. The molecular weight excluding hydrogens is 306 g/mol. The molecule has 2 fully saturated rings. The lowest BCUT2D eigenvalue weighted by molar-refractivity contribution is -0.125. The first-order valence-corrected chi connectivity index (χ1v) is 8.32. The Bertz CT molecular complexity index is 671. The number of amides is 3. The van der Waals surface area contributed by atoms with E-state index in [1.54, 1.807) is 12.1 Å². The maximum Gasteiger partial charge on any atom is 0.253 e. The normalized spacial score (nSPS) is 26.8. The van der Waals surface area contributed by atoms with Gasteiger partial charge >= 0.3 is 0 Å². The smallest absolute Gasteiger partial charge is 0.253 e. The summed E-state index contributed by atoms with van der Waals surface area (Å²) in [6.07, 6.45) is 1.68. The van der Waals surface area contributed by atoms with E-state index in [4.69, 9.17) is 5.73 Å². The van der Waals surface area contributed by atoms with Gasteiger partial charge in [-0.05, 0) is 42.5 Å². The van der Waals surface area contributed by atoms with Gasteiger partial charge in [-0.2, -0.15) is 0 Å². The van der Waals surface area contributed by atoms with E-state index in [1.165, 1.54) is 0 Å². The van der Waals surface area contributed by atoms with Crippen LogP contribution in [0.2, 0.25) is 0 Å². The van der Waals surface area contributed by atoms with Crippen LogP contribution in [0.15, 0.2) is 24.3 Å². The van der Waals surface area contributed by atoms with Gasteiger partial charge in [0.1, 0.15) is 0 Å². The summed E-state index contributed by atoms with van der Waals surface area (Å²) in [5.41, 5.74) is 7.40. The SMILES string of the molecule is CC1(CN)CCN(C(=O)c2ccc(CC3CC(=O)NC3=O)cc2)C1. The van der Waals surface area contributed by atoms with E-state index >= 15 is 0 Å². The molecule has 2 aliphatic heterocycles. The molecule has 2 heterocycles. The van der Waals surface area contributed by atoms with Crippen molar-refractivity contribution in [3.8, 4) is 0 Å². The molecule has 3 rings (SSSR count). The fourth-order valence-electron chi connectivity index (χ4n) is 3.39. The third-order valence-corrected chi connectivity index (χ3v) is 5.09. The Hall–Kier alpha value is -2.21. The molecule has 24 heavy (non-hydrogen) atoms. The van der Waals surface area contributed by atoms with Gasteiger partial charge in [0.15, 0.2) is 0 Å². The van der Waals surface area contributed by atoms with Gasteiger partial charge in [-0.25, -0.2) is 0 Å². The molecule has 2 saturated heterocycles. The summed E-state index contributed by atoms with van der Waals surface area (Å²) in [6, 6.07) is 7.32. The van der Waals surface area contributed by atoms with Gasteiger partial charge < -0.3 is 10.6 Å². The van der Waals surface area contributed by atoms with E-state index < -0.39 is 0 Å². The van der Waals surface area contributed by atoms with Gasteiger partial charge in [0, 0.05) is 25.1 Å². The van der Waals surface area contributed by atoms with E-state index in [0.29, 0.717) is 25.1 Å². The van der Waals surface area contributed by atoms with Gasteiger partial charge in [0.05, 0.1) is 5.92 Å². The minimum Gasteiger partial charge on any atom is -0.338 e. The number of carbonyl (C=O) groups is 3. The van der Waals surface area contributed by atoms with Crippen molar-refractivity contribution in [2.75, 3.05) is 19.6 Å². The summed E-state index contributed by atoms with van der Waals surface area (Å²) in [5, 5.41) is 2.32. The minimum absolute atomic E-state index is 0.0119.